The van der Waals surface area contributed by atoms with Crippen molar-refractivity contribution in [2.24, 2.45) is 0 Å². The van der Waals surface area contributed by atoms with E-state index in [0.29, 0.717) is 29.4 Å². The third-order valence-electron chi connectivity index (χ3n) is 4.72. The van der Waals surface area contributed by atoms with E-state index in [-0.39, 0.29) is 12.0 Å². The van der Waals surface area contributed by atoms with Crippen LogP contribution in [0.25, 0.3) is 11.4 Å². The second-order valence-corrected chi connectivity index (χ2v) is 6.86. The lowest BCUT2D eigenvalue weighted by molar-refractivity contribution is 0.0679. The molecule has 0 spiro atoms. The highest BCUT2D eigenvalue weighted by Gasteiger charge is 2.16. The number of amides is 1. The number of anilines is 1. The molecule has 1 atom stereocenters. The Bertz CT molecular complexity index is 971. The van der Waals surface area contributed by atoms with Gasteiger partial charge in [-0.2, -0.15) is 0 Å². The van der Waals surface area contributed by atoms with Gasteiger partial charge in [0.1, 0.15) is 12.4 Å². The molecule has 0 aliphatic carbocycles. The maximum atomic E-state index is 12.6. The maximum absolute atomic E-state index is 12.6. The minimum Gasteiger partial charge on any atom is -0.491 e. The van der Waals surface area contributed by atoms with E-state index in [1.54, 1.807) is 25.5 Å². The van der Waals surface area contributed by atoms with Crippen molar-refractivity contribution in [1.82, 2.24) is 15.0 Å². The Morgan fingerprint density at radius 1 is 1.24 bits per heavy atom. The van der Waals surface area contributed by atoms with Crippen LogP contribution in [0.3, 0.4) is 0 Å². The molecule has 1 unspecified atom stereocenters. The first-order valence-electron chi connectivity index (χ1n) is 9.59. The molecular weight excluding hydrogens is 368 g/mol. The zero-order valence-electron chi connectivity index (χ0n) is 16.2. The number of hydrogen-bond donors (Lipinski definition) is 1. The number of rotatable bonds is 6. The first-order valence-corrected chi connectivity index (χ1v) is 9.59. The Morgan fingerprint density at radius 3 is 2.79 bits per heavy atom. The van der Waals surface area contributed by atoms with E-state index in [1.165, 1.54) is 0 Å². The van der Waals surface area contributed by atoms with Gasteiger partial charge in [-0.15, -0.1) is 0 Å². The fourth-order valence-electron chi connectivity index (χ4n) is 3.12. The molecule has 3 aromatic rings. The molecule has 1 amide bonds. The van der Waals surface area contributed by atoms with Crippen molar-refractivity contribution in [3.8, 4) is 17.1 Å². The van der Waals surface area contributed by atoms with E-state index in [2.05, 4.69) is 20.3 Å². The van der Waals surface area contributed by atoms with Gasteiger partial charge < -0.3 is 14.8 Å². The normalized spacial score (nSPS) is 15.8. The third kappa shape index (κ3) is 4.75. The van der Waals surface area contributed by atoms with Crippen molar-refractivity contribution in [2.75, 3.05) is 18.5 Å². The van der Waals surface area contributed by atoms with Crippen LogP contribution in [-0.2, 0) is 4.74 Å². The summed E-state index contributed by atoms with van der Waals surface area (Å²) in [6.45, 7) is 3.15. The molecular formula is C22H22N4O3. The highest BCUT2D eigenvalue weighted by atomic mass is 16.5. The Balaban J connectivity index is 1.38. The topological polar surface area (TPSA) is 86.2 Å². The fourth-order valence-corrected chi connectivity index (χ4v) is 3.12. The van der Waals surface area contributed by atoms with Crippen LogP contribution >= 0.6 is 0 Å². The number of aromatic nitrogens is 3. The summed E-state index contributed by atoms with van der Waals surface area (Å²) in [6.07, 6.45) is 7.22. The monoisotopic (exact) mass is 390 g/mol. The summed E-state index contributed by atoms with van der Waals surface area (Å²) in [5, 5.41) is 2.87. The van der Waals surface area contributed by atoms with Gasteiger partial charge in [0.2, 0.25) is 0 Å². The highest BCUT2D eigenvalue weighted by Crippen LogP contribution is 2.20. The van der Waals surface area contributed by atoms with Crippen molar-refractivity contribution in [2.45, 2.75) is 25.9 Å². The molecule has 0 saturated carbocycles. The lowest BCUT2D eigenvalue weighted by Crippen LogP contribution is -2.16. The van der Waals surface area contributed by atoms with Gasteiger partial charge in [-0.05, 0) is 56.2 Å². The van der Waals surface area contributed by atoms with Gasteiger partial charge in [0.05, 0.1) is 17.4 Å². The molecule has 1 N–H and O–H groups in total. The second kappa shape index (κ2) is 8.79. The quantitative estimate of drug-likeness (QED) is 0.691. The molecule has 29 heavy (non-hydrogen) atoms. The lowest BCUT2D eigenvalue weighted by Gasteiger charge is -2.12. The van der Waals surface area contributed by atoms with Crippen LogP contribution in [0.5, 0.6) is 5.75 Å². The average molecular weight is 390 g/mol. The fraction of sp³-hybridized carbons (Fsp3) is 0.273. The summed E-state index contributed by atoms with van der Waals surface area (Å²) in [5.41, 5.74) is 2.51. The SMILES string of the molecule is Cc1nc(-c2cccnc2)ncc1C(=O)Nc1ccc(OCC2CCCO2)cc1. The zero-order chi connectivity index (χ0) is 20.1. The first-order chi connectivity index (χ1) is 14.2. The number of aryl methyl sites for hydroxylation is 1. The summed E-state index contributed by atoms with van der Waals surface area (Å²) in [5.74, 6) is 1.03. The van der Waals surface area contributed by atoms with Crippen molar-refractivity contribution >= 4 is 11.6 Å². The molecule has 148 valence electrons. The molecule has 2 aromatic heterocycles. The van der Waals surface area contributed by atoms with E-state index in [4.69, 9.17) is 9.47 Å². The van der Waals surface area contributed by atoms with Crippen LogP contribution in [0.15, 0.2) is 55.0 Å². The van der Waals surface area contributed by atoms with Gasteiger partial charge in [-0.25, -0.2) is 9.97 Å². The average Bonchev–Trinajstić information content (AvgIpc) is 3.27. The van der Waals surface area contributed by atoms with Gasteiger partial charge in [0, 0.05) is 36.4 Å². The van der Waals surface area contributed by atoms with E-state index in [0.717, 1.165) is 30.8 Å². The molecule has 3 heterocycles. The van der Waals surface area contributed by atoms with Gasteiger partial charge in [0.25, 0.3) is 5.91 Å². The number of carbonyl (C=O) groups is 1. The highest BCUT2D eigenvalue weighted by molar-refractivity contribution is 6.04. The Labute approximate surface area is 169 Å². The number of nitrogens with zero attached hydrogens (tertiary/aromatic N) is 3. The molecule has 7 nitrogen and oxygen atoms in total. The molecule has 0 bridgehead atoms. The molecule has 1 aromatic carbocycles. The number of ether oxygens (including phenoxy) is 2. The van der Waals surface area contributed by atoms with E-state index in [9.17, 15) is 4.79 Å². The van der Waals surface area contributed by atoms with E-state index >= 15 is 0 Å². The molecule has 1 aliphatic rings. The van der Waals surface area contributed by atoms with Crippen molar-refractivity contribution in [1.29, 1.82) is 0 Å². The zero-order valence-corrected chi connectivity index (χ0v) is 16.2. The summed E-state index contributed by atoms with van der Waals surface area (Å²) in [4.78, 5) is 25.4. The summed E-state index contributed by atoms with van der Waals surface area (Å²) in [6, 6.07) is 11.0. The molecule has 7 heteroatoms. The number of hydrogen-bond acceptors (Lipinski definition) is 6. The van der Waals surface area contributed by atoms with Gasteiger partial charge in [0.15, 0.2) is 5.82 Å². The summed E-state index contributed by atoms with van der Waals surface area (Å²) < 4.78 is 11.3. The van der Waals surface area contributed by atoms with Gasteiger partial charge >= 0.3 is 0 Å². The second-order valence-electron chi connectivity index (χ2n) is 6.86. The summed E-state index contributed by atoms with van der Waals surface area (Å²) >= 11 is 0. The smallest absolute Gasteiger partial charge is 0.259 e. The van der Waals surface area contributed by atoms with Crippen LogP contribution in [0.4, 0.5) is 5.69 Å². The number of pyridine rings is 1. The largest absolute Gasteiger partial charge is 0.491 e. The van der Waals surface area contributed by atoms with Crippen LogP contribution in [0, 0.1) is 6.92 Å². The summed E-state index contributed by atoms with van der Waals surface area (Å²) in [7, 11) is 0. The minimum absolute atomic E-state index is 0.173. The predicted octanol–water partition coefficient (Wildman–Crippen LogP) is 3.66. The van der Waals surface area contributed by atoms with Crippen LogP contribution in [0.1, 0.15) is 28.9 Å². The van der Waals surface area contributed by atoms with Crippen molar-refractivity contribution in [3.05, 3.63) is 66.2 Å². The van der Waals surface area contributed by atoms with Gasteiger partial charge in [-0.1, -0.05) is 0 Å². The molecule has 1 saturated heterocycles. The Kier molecular flexibility index (Phi) is 5.76. The van der Waals surface area contributed by atoms with Crippen LogP contribution < -0.4 is 10.1 Å². The number of benzene rings is 1. The predicted molar refractivity (Wildman–Crippen MR) is 109 cm³/mol. The first kappa shape index (κ1) is 19.0. The number of nitrogens with one attached hydrogen (secondary N) is 1. The van der Waals surface area contributed by atoms with Crippen LogP contribution in [-0.4, -0.2) is 40.2 Å². The molecule has 1 aliphatic heterocycles. The molecule has 1 fully saturated rings. The van der Waals surface area contributed by atoms with E-state index < -0.39 is 0 Å². The standard InChI is InChI=1S/C22H22N4O3/c1-15-20(13-24-21(25-15)16-4-2-10-23-12-16)22(27)26-17-6-8-18(9-7-17)29-14-19-5-3-11-28-19/h2,4,6-10,12-13,19H,3,5,11,14H2,1H3,(H,26,27). The maximum Gasteiger partial charge on any atom is 0.259 e. The lowest BCUT2D eigenvalue weighted by atomic mass is 10.2. The Morgan fingerprint density at radius 2 is 2.10 bits per heavy atom. The van der Waals surface area contributed by atoms with Crippen molar-refractivity contribution in [3.63, 3.8) is 0 Å². The number of carbonyl (C=O) groups excluding carboxylic acids is 1. The Hall–Kier alpha value is -3.32. The molecule has 4 rings (SSSR count). The van der Waals surface area contributed by atoms with Gasteiger partial charge in [-0.3, -0.25) is 9.78 Å². The van der Waals surface area contributed by atoms with Crippen molar-refractivity contribution < 1.29 is 14.3 Å². The third-order valence-corrected chi connectivity index (χ3v) is 4.72. The van der Waals surface area contributed by atoms with E-state index in [1.807, 2.05) is 36.4 Å². The molecule has 0 radical (unpaired) electrons. The van der Waals surface area contributed by atoms with Crippen LogP contribution in [0.2, 0.25) is 0 Å². The minimum atomic E-state index is -0.256.